The van der Waals surface area contributed by atoms with Crippen LogP contribution >= 0.6 is 23.5 Å². The van der Waals surface area contributed by atoms with E-state index in [4.69, 9.17) is 9.47 Å². The molecule has 4 nitrogen and oxygen atoms in total. The predicted molar refractivity (Wildman–Crippen MR) is 110 cm³/mol. The molecule has 0 saturated carbocycles. The Bertz CT molecular complexity index is 847. The molecular formula is C20H19NO3S2. The fraction of sp³-hybridized carbons (Fsp3) is 0.200. The first-order chi connectivity index (χ1) is 12.7. The molecule has 26 heavy (non-hydrogen) atoms. The number of para-hydroxylation sites is 1. The Labute approximate surface area is 161 Å². The fourth-order valence-electron chi connectivity index (χ4n) is 2.45. The second-order valence-electron chi connectivity index (χ2n) is 5.38. The quantitative estimate of drug-likeness (QED) is 0.655. The summed E-state index contributed by atoms with van der Waals surface area (Å²) in [6, 6.07) is 15.7. The number of methoxy groups -OCH3 is 1. The van der Waals surface area contributed by atoms with Crippen molar-refractivity contribution in [1.29, 1.82) is 0 Å². The maximum Gasteiger partial charge on any atom is 0.244 e. The van der Waals surface area contributed by atoms with Crippen molar-refractivity contribution in [3.05, 3.63) is 65.4 Å². The van der Waals surface area contributed by atoms with Crippen LogP contribution in [0.4, 0.5) is 0 Å². The van der Waals surface area contributed by atoms with Crippen molar-refractivity contribution in [3.8, 4) is 11.5 Å². The third-order valence-corrected chi connectivity index (χ3v) is 5.69. The molecule has 0 saturated heterocycles. The van der Waals surface area contributed by atoms with E-state index in [2.05, 4.69) is 17.1 Å². The van der Waals surface area contributed by atoms with Gasteiger partial charge in [-0.05, 0) is 36.4 Å². The molecule has 0 aliphatic carbocycles. The molecule has 134 valence electrons. The summed E-state index contributed by atoms with van der Waals surface area (Å²) in [6.45, 7) is 2.46. The van der Waals surface area contributed by atoms with Crippen molar-refractivity contribution >= 4 is 39.1 Å². The average Bonchev–Trinajstić information content (AvgIpc) is 3.01. The lowest BCUT2D eigenvalue weighted by atomic mass is 10.1. The summed E-state index contributed by atoms with van der Waals surface area (Å²) in [5.74, 6) is 2.06. The van der Waals surface area contributed by atoms with Crippen LogP contribution in [0.3, 0.4) is 0 Å². The first kappa shape index (κ1) is 18.6. The maximum atomic E-state index is 12.3. The van der Waals surface area contributed by atoms with E-state index in [0.717, 1.165) is 15.7 Å². The molecule has 3 rings (SSSR count). The second-order valence-corrected chi connectivity index (χ2v) is 7.57. The number of thioether (sulfide) groups is 2. The molecule has 1 aliphatic rings. The van der Waals surface area contributed by atoms with Crippen LogP contribution < -0.4 is 9.47 Å². The minimum Gasteiger partial charge on any atom is -0.492 e. The average molecular weight is 386 g/mol. The Balaban J connectivity index is 1.79. The van der Waals surface area contributed by atoms with Gasteiger partial charge in [0.05, 0.1) is 13.7 Å². The van der Waals surface area contributed by atoms with Crippen molar-refractivity contribution < 1.29 is 14.3 Å². The summed E-state index contributed by atoms with van der Waals surface area (Å²) < 4.78 is 11.8. The molecule has 0 amide bonds. The highest BCUT2D eigenvalue weighted by atomic mass is 32.2. The number of hydrogen-bond acceptors (Lipinski definition) is 6. The van der Waals surface area contributed by atoms with Gasteiger partial charge in [0.1, 0.15) is 10.1 Å². The van der Waals surface area contributed by atoms with Gasteiger partial charge in [0.25, 0.3) is 0 Å². The Hall–Kier alpha value is -2.18. The van der Waals surface area contributed by atoms with Gasteiger partial charge in [-0.25, -0.2) is 4.99 Å². The lowest BCUT2D eigenvalue weighted by molar-refractivity contribution is -0.107. The van der Waals surface area contributed by atoms with Gasteiger partial charge in [-0.3, -0.25) is 4.79 Å². The topological polar surface area (TPSA) is 47.9 Å². The van der Waals surface area contributed by atoms with E-state index in [1.807, 2.05) is 43.3 Å². The summed E-state index contributed by atoms with van der Waals surface area (Å²) in [5, 5.41) is -0.0515. The normalized spacial score (nSPS) is 15.2. The number of nitrogens with zero attached hydrogens (tertiary/aromatic N) is 1. The van der Waals surface area contributed by atoms with Crippen molar-refractivity contribution in [1.82, 2.24) is 0 Å². The number of rotatable bonds is 6. The van der Waals surface area contributed by atoms with Gasteiger partial charge in [0.15, 0.2) is 11.5 Å². The Morgan fingerprint density at radius 3 is 2.69 bits per heavy atom. The number of benzene rings is 2. The van der Waals surface area contributed by atoms with Crippen molar-refractivity contribution in [2.24, 2.45) is 4.99 Å². The molecule has 0 fully saturated rings. The third kappa shape index (κ3) is 4.51. The van der Waals surface area contributed by atoms with Crippen LogP contribution in [0.25, 0.3) is 6.08 Å². The SMILES string of the molecule is CCOc1cccc(/C=C2\N=C(SCc3ccccc3)SC2=O)c1OC. The highest BCUT2D eigenvalue weighted by molar-refractivity contribution is 8.45. The van der Waals surface area contributed by atoms with Gasteiger partial charge in [0.2, 0.25) is 5.12 Å². The lowest BCUT2D eigenvalue weighted by Crippen LogP contribution is -1.97. The van der Waals surface area contributed by atoms with E-state index >= 15 is 0 Å². The second kappa shape index (κ2) is 8.96. The monoisotopic (exact) mass is 385 g/mol. The van der Waals surface area contributed by atoms with Gasteiger partial charge >= 0.3 is 0 Å². The first-order valence-electron chi connectivity index (χ1n) is 8.20. The van der Waals surface area contributed by atoms with Crippen molar-refractivity contribution in [2.75, 3.05) is 13.7 Å². The molecule has 0 aromatic heterocycles. The molecule has 2 aromatic carbocycles. The minimum atomic E-state index is -0.0515. The maximum absolute atomic E-state index is 12.3. The molecule has 6 heteroatoms. The highest BCUT2D eigenvalue weighted by Crippen LogP contribution is 2.36. The number of ether oxygens (including phenoxy) is 2. The van der Waals surface area contributed by atoms with Crippen LogP contribution in [0.15, 0.2) is 59.2 Å². The molecule has 0 atom stereocenters. The minimum absolute atomic E-state index is 0.0515. The molecule has 0 N–H and O–H groups in total. The Morgan fingerprint density at radius 2 is 1.96 bits per heavy atom. The van der Waals surface area contributed by atoms with Crippen LogP contribution in [0.5, 0.6) is 11.5 Å². The third-order valence-electron chi connectivity index (χ3n) is 3.61. The van der Waals surface area contributed by atoms with Gasteiger partial charge in [-0.15, -0.1) is 0 Å². The molecule has 0 bridgehead atoms. The highest BCUT2D eigenvalue weighted by Gasteiger charge is 2.23. The Kier molecular flexibility index (Phi) is 6.41. The molecule has 0 radical (unpaired) electrons. The Morgan fingerprint density at radius 1 is 1.15 bits per heavy atom. The van der Waals surface area contributed by atoms with Crippen LogP contribution in [-0.2, 0) is 10.5 Å². The van der Waals surface area contributed by atoms with E-state index in [9.17, 15) is 4.79 Å². The summed E-state index contributed by atoms with van der Waals surface area (Å²) in [5.41, 5.74) is 2.41. The molecular weight excluding hydrogens is 366 g/mol. The number of carbonyl (C=O) groups is 1. The number of aliphatic imine (C=N–C) groups is 1. The number of carbonyl (C=O) groups excluding carboxylic acids is 1. The van der Waals surface area contributed by atoms with Crippen LogP contribution in [-0.4, -0.2) is 23.2 Å². The van der Waals surface area contributed by atoms with Gasteiger partial charge in [-0.1, -0.05) is 54.2 Å². The number of hydrogen-bond donors (Lipinski definition) is 0. The van der Waals surface area contributed by atoms with Crippen LogP contribution in [0, 0.1) is 0 Å². The van der Waals surface area contributed by atoms with E-state index in [-0.39, 0.29) is 5.12 Å². The summed E-state index contributed by atoms with van der Waals surface area (Å²) in [4.78, 5) is 16.8. The van der Waals surface area contributed by atoms with Gasteiger partial charge < -0.3 is 9.47 Å². The summed E-state index contributed by atoms with van der Waals surface area (Å²) in [7, 11) is 1.59. The molecule has 1 aliphatic heterocycles. The summed E-state index contributed by atoms with van der Waals surface area (Å²) >= 11 is 2.75. The van der Waals surface area contributed by atoms with E-state index < -0.39 is 0 Å². The van der Waals surface area contributed by atoms with Crippen molar-refractivity contribution in [2.45, 2.75) is 12.7 Å². The van der Waals surface area contributed by atoms with Crippen molar-refractivity contribution in [3.63, 3.8) is 0 Å². The lowest BCUT2D eigenvalue weighted by Gasteiger charge is -2.11. The van der Waals surface area contributed by atoms with Crippen LogP contribution in [0.1, 0.15) is 18.1 Å². The molecule has 0 unspecified atom stereocenters. The predicted octanol–water partition coefficient (Wildman–Crippen LogP) is 5.00. The van der Waals surface area contributed by atoms with Gasteiger partial charge in [-0.2, -0.15) is 0 Å². The molecule has 1 heterocycles. The standard InChI is InChI=1S/C20H19NO3S2/c1-3-24-17-11-7-10-15(18(17)23-2)12-16-19(22)26-20(21-16)25-13-14-8-5-4-6-9-14/h4-12H,3,13H2,1-2H3/b16-12-. The fourth-order valence-corrected chi connectivity index (χ4v) is 4.25. The first-order valence-corrected chi connectivity index (χ1v) is 10.0. The van der Waals surface area contributed by atoms with E-state index in [1.165, 1.54) is 17.3 Å². The molecule has 2 aromatic rings. The smallest absolute Gasteiger partial charge is 0.244 e. The summed E-state index contributed by atoms with van der Waals surface area (Å²) in [6.07, 6.45) is 1.76. The van der Waals surface area contributed by atoms with Gasteiger partial charge in [0, 0.05) is 11.3 Å². The zero-order chi connectivity index (χ0) is 18.4. The van der Waals surface area contributed by atoms with Crippen LogP contribution in [0.2, 0.25) is 0 Å². The zero-order valence-electron chi connectivity index (χ0n) is 14.6. The largest absolute Gasteiger partial charge is 0.492 e. The molecule has 0 spiro atoms. The van der Waals surface area contributed by atoms with E-state index in [1.54, 1.807) is 24.9 Å². The van der Waals surface area contributed by atoms with E-state index in [0.29, 0.717) is 23.8 Å². The zero-order valence-corrected chi connectivity index (χ0v) is 16.2.